The third-order valence-corrected chi connectivity index (χ3v) is 3.96. The smallest absolute Gasteiger partial charge is 0.131 e. The minimum atomic E-state index is 0.350. The molecule has 4 aromatic rings. The van der Waals surface area contributed by atoms with E-state index in [1.165, 1.54) is 10.8 Å². The minimum absolute atomic E-state index is 0.350. The number of hydrogen-bond donors (Lipinski definition) is 1. The predicted octanol–water partition coefficient (Wildman–Crippen LogP) is 5.37. The van der Waals surface area contributed by atoms with E-state index in [4.69, 9.17) is 0 Å². The molecule has 1 heteroatoms. The Kier molecular flexibility index (Phi) is 2.65. The molecule has 0 aliphatic heterocycles. The molecule has 0 amide bonds. The monoisotopic (exact) mass is 270 g/mol. The van der Waals surface area contributed by atoms with Gasteiger partial charge in [-0.1, -0.05) is 72.8 Å². The first-order chi connectivity index (χ1) is 10.3. The molecular weight excluding hydrogens is 256 g/mol. The zero-order valence-corrected chi connectivity index (χ0v) is 11.5. The number of benzene rings is 4. The lowest BCUT2D eigenvalue weighted by Crippen LogP contribution is -1.82. The third-order valence-electron chi connectivity index (χ3n) is 3.96. The second-order valence-electron chi connectivity index (χ2n) is 5.24. The molecule has 21 heavy (non-hydrogen) atoms. The van der Waals surface area contributed by atoms with Gasteiger partial charge < -0.3 is 5.11 Å². The van der Waals surface area contributed by atoms with Crippen LogP contribution in [0.2, 0.25) is 0 Å². The molecule has 0 saturated heterocycles. The van der Waals surface area contributed by atoms with Crippen LogP contribution in [0.15, 0.2) is 78.9 Å². The number of rotatable bonds is 1. The van der Waals surface area contributed by atoms with Crippen LogP contribution in [0.5, 0.6) is 5.75 Å². The molecule has 1 nitrogen and oxygen atoms in total. The summed E-state index contributed by atoms with van der Waals surface area (Å²) < 4.78 is 0. The van der Waals surface area contributed by atoms with E-state index in [1.807, 2.05) is 42.5 Å². The van der Waals surface area contributed by atoms with Gasteiger partial charge in [-0.2, -0.15) is 0 Å². The fraction of sp³-hybridized carbons (Fsp3) is 0. The van der Waals surface area contributed by atoms with E-state index in [2.05, 4.69) is 36.4 Å². The zero-order chi connectivity index (χ0) is 14.2. The van der Waals surface area contributed by atoms with Crippen molar-refractivity contribution in [1.29, 1.82) is 0 Å². The van der Waals surface area contributed by atoms with Crippen LogP contribution in [0.4, 0.5) is 0 Å². The van der Waals surface area contributed by atoms with Crippen LogP contribution < -0.4 is 0 Å². The first kappa shape index (κ1) is 12.0. The molecule has 4 aromatic carbocycles. The van der Waals surface area contributed by atoms with Gasteiger partial charge in [0, 0.05) is 10.9 Å². The van der Waals surface area contributed by atoms with E-state index in [9.17, 15) is 5.11 Å². The summed E-state index contributed by atoms with van der Waals surface area (Å²) in [5, 5.41) is 14.9. The van der Waals surface area contributed by atoms with Crippen LogP contribution in [-0.4, -0.2) is 5.11 Å². The second kappa shape index (κ2) is 4.64. The van der Waals surface area contributed by atoms with Crippen molar-refractivity contribution in [3.8, 4) is 16.9 Å². The molecule has 100 valence electrons. The molecule has 0 radical (unpaired) electrons. The van der Waals surface area contributed by atoms with E-state index in [1.54, 1.807) is 0 Å². The van der Waals surface area contributed by atoms with Crippen LogP contribution in [0.1, 0.15) is 0 Å². The summed E-state index contributed by atoms with van der Waals surface area (Å²) in [6, 6.07) is 26.5. The SMILES string of the molecule is Oc1c(-c2ccc3ccccc3c2)ccc2ccccc12. The first-order valence-corrected chi connectivity index (χ1v) is 7.03. The van der Waals surface area contributed by atoms with Crippen molar-refractivity contribution >= 4 is 21.5 Å². The van der Waals surface area contributed by atoms with Gasteiger partial charge in [-0.05, 0) is 27.8 Å². The Labute approximate surface area is 123 Å². The van der Waals surface area contributed by atoms with Gasteiger partial charge in [0.15, 0.2) is 0 Å². The Hall–Kier alpha value is -2.80. The highest BCUT2D eigenvalue weighted by molar-refractivity contribution is 5.96. The Morgan fingerprint density at radius 3 is 2.10 bits per heavy atom. The van der Waals surface area contributed by atoms with Gasteiger partial charge in [-0.25, -0.2) is 0 Å². The fourth-order valence-electron chi connectivity index (χ4n) is 2.84. The van der Waals surface area contributed by atoms with Gasteiger partial charge in [0.2, 0.25) is 0 Å². The maximum atomic E-state index is 10.6. The summed E-state index contributed by atoms with van der Waals surface area (Å²) in [7, 11) is 0. The molecule has 4 rings (SSSR count). The number of aromatic hydroxyl groups is 1. The van der Waals surface area contributed by atoms with Crippen LogP contribution in [-0.2, 0) is 0 Å². The Bertz CT molecular complexity index is 954. The van der Waals surface area contributed by atoms with Crippen LogP contribution in [0, 0.1) is 0 Å². The average molecular weight is 270 g/mol. The summed E-state index contributed by atoms with van der Waals surface area (Å²) in [6.45, 7) is 0. The highest BCUT2D eigenvalue weighted by Crippen LogP contribution is 2.36. The summed E-state index contributed by atoms with van der Waals surface area (Å²) in [5.41, 5.74) is 1.91. The normalized spacial score (nSPS) is 11.0. The van der Waals surface area contributed by atoms with E-state index >= 15 is 0 Å². The molecule has 0 unspecified atom stereocenters. The lowest BCUT2D eigenvalue weighted by Gasteiger charge is -2.09. The lowest BCUT2D eigenvalue weighted by molar-refractivity contribution is 0.483. The summed E-state index contributed by atoms with van der Waals surface area (Å²) in [6.07, 6.45) is 0. The van der Waals surface area contributed by atoms with Crippen molar-refractivity contribution < 1.29 is 5.11 Å². The van der Waals surface area contributed by atoms with E-state index < -0.39 is 0 Å². The molecule has 0 aromatic heterocycles. The van der Waals surface area contributed by atoms with Crippen LogP contribution in [0.3, 0.4) is 0 Å². The predicted molar refractivity (Wildman–Crippen MR) is 88.6 cm³/mol. The molecule has 0 heterocycles. The standard InChI is InChI=1S/C20H14O/c21-20-18-8-4-3-6-15(18)11-12-19(20)17-10-9-14-5-1-2-7-16(14)13-17/h1-13,21H. The van der Waals surface area contributed by atoms with Crippen molar-refractivity contribution in [3.63, 3.8) is 0 Å². The molecule has 0 aliphatic rings. The van der Waals surface area contributed by atoms with Crippen LogP contribution in [0.25, 0.3) is 32.7 Å². The molecule has 0 saturated carbocycles. The van der Waals surface area contributed by atoms with Gasteiger partial charge in [-0.15, -0.1) is 0 Å². The summed E-state index contributed by atoms with van der Waals surface area (Å²) in [4.78, 5) is 0. The zero-order valence-electron chi connectivity index (χ0n) is 11.5. The van der Waals surface area contributed by atoms with Crippen molar-refractivity contribution in [2.24, 2.45) is 0 Å². The Morgan fingerprint density at radius 1 is 0.571 bits per heavy atom. The van der Waals surface area contributed by atoms with E-state index in [-0.39, 0.29) is 0 Å². The fourth-order valence-corrected chi connectivity index (χ4v) is 2.84. The highest BCUT2D eigenvalue weighted by Gasteiger charge is 2.08. The minimum Gasteiger partial charge on any atom is -0.507 e. The van der Waals surface area contributed by atoms with E-state index in [0.29, 0.717) is 5.75 Å². The van der Waals surface area contributed by atoms with Gasteiger partial charge in [-0.3, -0.25) is 0 Å². The van der Waals surface area contributed by atoms with Gasteiger partial charge in [0.1, 0.15) is 5.75 Å². The van der Waals surface area contributed by atoms with E-state index in [0.717, 1.165) is 21.9 Å². The summed E-state index contributed by atoms with van der Waals surface area (Å²) >= 11 is 0. The molecule has 1 N–H and O–H groups in total. The van der Waals surface area contributed by atoms with Crippen LogP contribution >= 0.6 is 0 Å². The van der Waals surface area contributed by atoms with Gasteiger partial charge in [0.05, 0.1) is 0 Å². The van der Waals surface area contributed by atoms with Gasteiger partial charge in [0.25, 0.3) is 0 Å². The highest BCUT2D eigenvalue weighted by atomic mass is 16.3. The average Bonchev–Trinajstić information content (AvgIpc) is 2.55. The maximum absolute atomic E-state index is 10.6. The summed E-state index contributed by atoms with van der Waals surface area (Å²) in [5.74, 6) is 0.350. The molecule has 0 atom stereocenters. The molecular formula is C20H14O. The largest absolute Gasteiger partial charge is 0.507 e. The van der Waals surface area contributed by atoms with Crippen molar-refractivity contribution in [2.75, 3.05) is 0 Å². The molecule has 0 aliphatic carbocycles. The lowest BCUT2D eigenvalue weighted by atomic mass is 9.97. The topological polar surface area (TPSA) is 20.2 Å². The Balaban J connectivity index is 1.97. The number of phenols is 1. The van der Waals surface area contributed by atoms with Crippen molar-refractivity contribution in [2.45, 2.75) is 0 Å². The second-order valence-corrected chi connectivity index (χ2v) is 5.24. The number of hydrogen-bond acceptors (Lipinski definition) is 1. The molecule has 0 spiro atoms. The third kappa shape index (κ3) is 1.95. The molecule has 0 fully saturated rings. The maximum Gasteiger partial charge on any atom is 0.131 e. The number of fused-ring (bicyclic) bond motifs is 2. The van der Waals surface area contributed by atoms with Gasteiger partial charge >= 0.3 is 0 Å². The molecule has 0 bridgehead atoms. The van der Waals surface area contributed by atoms with Crippen molar-refractivity contribution in [3.05, 3.63) is 78.9 Å². The Morgan fingerprint density at radius 2 is 1.24 bits per heavy atom. The quantitative estimate of drug-likeness (QED) is 0.493. The first-order valence-electron chi connectivity index (χ1n) is 7.03. The van der Waals surface area contributed by atoms with Crippen molar-refractivity contribution in [1.82, 2.24) is 0 Å². The number of phenolic OH excluding ortho intramolecular Hbond substituents is 1.